The lowest BCUT2D eigenvalue weighted by atomic mass is 10.0. The molecule has 80 valence electrons. The first-order valence-electron chi connectivity index (χ1n) is 5.39. The van der Waals surface area contributed by atoms with Gasteiger partial charge in [0.1, 0.15) is 0 Å². The third kappa shape index (κ3) is 3.81. The van der Waals surface area contributed by atoms with Crippen LogP contribution in [0.25, 0.3) is 0 Å². The third-order valence-electron chi connectivity index (χ3n) is 2.33. The maximum atomic E-state index is 3.62. The second kappa shape index (κ2) is 5.52. The van der Waals surface area contributed by atoms with E-state index in [2.05, 4.69) is 50.5 Å². The molecular weight excluding hydrogens is 190 g/mol. The van der Waals surface area contributed by atoms with E-state index in [4.69, 9.17) is 0 Å². The molecule has 1 aromatic rings. The molecule has 0 saturated heterocycles. The Hall–Kier alpha value is -0.340. The van der Waals surface area contributed by atoms with Gasteiger partial charge in [0.25, 0.3) is 0 Å². The van der Waals surface area contributed by atoms with E-state index in [1.54, 1.807) is 0 Å². The normalized spacial score (nSPS) is 15.8. The van der Waals surface area contributed by atoms with Crippen molar-refractivity contribution in [1.82, 2.24) is 5.32 Å². The van der Waals surface area contributed by atoms with Crippen molar-refractivity contribution in [2.24, 2.45) is 5.92 Å². The van der Waals surface area contributed by atoms with Gasteiger partial charge in [-0.15, -0.1) is 11.3 Å². The molecule has 1 aromatic heterocycles. The molecule has 14 heavy (non-hydrogen) atoms. The average Bonchev–Trinajstić information content (AvgIpc) is 2.53. The Bertz CT molecular complexity index is 241. The molecule has 2 heteroatoms. The molecule has 0 radical (unpaired) electrons. The molecule has 2 atom stereocenters. The number of nitrogens with one attached hydrogen (secondary N) is 1. The van der Waals surface area contributed by atoms with E-state index in [1.807, 2.05) is 11.3 Å². The summed E-state index contributed by atoms with van der Waals surface area (Å²) in [6.07, 6.45) is 1.25. The molecule has 0 aromatic carbocycles. The highest BCUT2D eigenvalue weighted by atomic mass is 32.1. The van der Waals surface area contributed by atoms with Gasteiger partial charge in [0.2, 0.25) is 0 Å². The van der Waals surface area contributed by atoms with E-state index < -0.39 is 0 Å². The topological polar surface area (TPSA) is 12.0 Å². The molecule has 0 spiro atoms. The summed E-state index contributed by atoms with van der Waals surface area (Å²) in [5.41, 5.74) is 0. The fraction of sp³-hybridized carbons (Fsp3) is 0.667. The first kappa shape index (κ1) is 11.7. The van der Waals surface area contributed by atoms with Crippen molar-refractivity contribution in [1.29, 1.82) is 0 Å². The average molecular weight is 211 g/mol. The van der Waals surface area contributed by atoms with Crippen molar-refractivity contribution < 1.29 is 0 Å². The maximum absolute atomic E-state index is 3.62. The lowest BCUT2D eigenvalue weighted by Gasteiger charge is -2.20. The fourth-order valence-corrected chi connectivity index (χ4v) is 2.57. The summed E-state index contributed by atoms with van der Waals surface area (Å²) in [5, 5.41) is 5.76. The Kier molecular flexibility index (Phi) is 4.63. The van der Waals surface area contributed by atoms with Gasteiger partial charge in [-0.1, -0.05) is 19.9 Å². The van der Waals surface area contributed by atoms with E-state index in [9.17, 15) is 0 Å². The molecule has 1 rings (SSSR count). The molecule has 1 unspecified atom stereocenters. The van der Waals surface area contributed by atoms with Crippen LogP contribution in [0.3, 0.4) is 0 Å². The van der Waals surface area contributed by atoms with Gasteiger partial charge in [0.05, 0.1) is 0 Å². The minimum absolute atomic E-state index is 0.490. The van der Waals surface area contributed by atoms with Crippen LogP contribution in [0.2, 0.25) is 0 Å². The van der Waals surface area contributed by atoms with Crippen LogP contribution in [0, 0.1) is 5.92 Å². The summed E-state index contributed by atoms with van der Waals surface area (Å²) < 4.78 is 0. The number of rotatable bonds is 5. The number of hydrogen-bond acceptors (Lipinski definition) is 2. The quantitative estimate of drug-likeness (QED) is 0.780. The highest BCUT2D eigenvalue weighted by molar-refractivity contribution is 7.10. The van der Waals surface area contributed by atoms with E-state index in [0.717, 1.165) is 5.92 Å². The molecule has 0 aliphatic rings. The molecule has 0 fully saturated rings. The van der Waals surface area contributed by atoms with Gasteiger partial charge in [-0.2, -0.15) is 0 Å². The molecule has 0 amide bonds. The first-order chi connectivity index (χ1) is 6.59. The molecule has 0 bridgehead atoms. The minimum atomic E-state index is 0.490. The van der Waals surface area contributed by atoms with Crippen molar-refractivity contribution in [3.8, 4) is 0 Å². The summed E-state index contributed by atoms with van der Waals surface area (Å²) in [4.78, 5) is 1.43. The first-order valence-corrected chi connectivity index (χ1v) is 6.27. The Morgan fingerprint density at radius 2 is 2.00 bits per heavy atom. The van der Waals surface area contributed by atoms with Crippen molar-refractivity contribution in [2.45, 2.75) is 46.2 Å². The highest BCUT2D eigenvalue weighted by Crippen LogP contribution is 2.19. The molecule has 1 nitrogen and oxygen atoms in total. The molecule has 0 aliphatic carbocycles. The predicted octanol–water partition coefficient (Wildman–Crippen LogP) is 3.83. The fourth-order valence-electron chi connectivity index (χ4n) is 1.82. The van der Waals surface area contributed by atoms with Crippen molar-refractivity contribution >= 4 is 11.3 Å². The largest absolute Gasteiger partial charge is 0.307 e. The van der Waals surface area contributed by atoms with Crippen molar-refractivity contribution in [3.05, 3.63) is 22.4 Å². The van der Waals surface area contributed by atoms with Crippen LogP contribution >= 0.6 is 11.3 Å². The standard InChI is InChI=1S/C12H21NS/c1-9(2)8-10(3)13-11(4)12-6-5-7-14-12/h5-7,9-11,13H,8H2,1-4H3/t10?,11-/m0/s1. The van der Waals surface area contributed by atoms with Gasteiger partial charge in [-0.05, 0) is 37.6 Å². The van der Waals surface area contributed by atoms with Crippen molar-refractivity contribution in [3.63, 3.8) is 0 Å². The van der Waals surface area contributed by atoms with Gasteiger partial charge in [-0.25, -0.2) is 0 Å². The zero-order valence-corrected chi connectivity index (χ0v) is 10.4. The maximum Gasteiger partial charge on any atom is 0.0388 e. The lowest BCUT2D eigenvalue weighted by Crippen LogP contribution is -2.29. The van der Waals surface area contributed by atoms with Crippen LogP contribution in [0.15, 0.2) is 17.5 Å². The van der Waals surface area contributed by atoms with Gasteiger partial charge in [0.15, 0.2) is 0 Å². The van der Waals surface area contributed by atoms with Gasteiger partial charge < -0.3 is 5.32 Å². The summed E-state index contributed by atoms with van der Waals surface area (Å²) in [6.45, 7) is 9.05. The second-order valence-electron chi connectivity index (χ2n) is 4.43. The Morgan fingerprint density at radius 1 is 1.29 bits per heavy atom. The van der Waals surface area contributed by atoms with Crippen LogP contribution < -0.4 is 5.32 Å². The van der Waals surface area contributed by atoms with E-state index in [0.29, 0.717) is 12.1 Å². The highest BCUT2D eigenvalue weighted by Gasteiger charge is 2.10. The second-order valence-corrected chi connectivity index (χ2v) is 5.41. The van der Waals surface area contributed by atoms with E-state index in [-0.39, 0.29) is 0 Å². The molecule has 0 aliphatic heterocycles. The number of hydrogen-bond donors (Lipinski definition) is 1. The minimum Gasteiger partial charge on any atom is -0.307 e. The zero-order chi connectivity index (χ0) is 10.6. The van der Waals surface area contributed by atoms with E-state index >= 15 is 0 Å². The van der Waals surface area contributed by atoms with Crippen LogP contribution in [0.5, 0.6) is 0 Å². The van der Waals surface area contributed by atoms with E-state index in [1.165, 1.54) is 11.3 Å². The van der Waals surface area contributed by atoms with Gasteiger partial charge >= 0.3 is 0 Å². The SMILES string of the molecule is CC(C)CC(C)N[C@@H](C)c1cccs1. The molecule has 1 heterocycles. The predicted molar refractivity (Wildman–Crippen MR) is 64.8 cm³/mol. The van der Waals surface area contributed by atoms with Crippen LogP contribution in [-0.4, -0.2) is 6.04 Å². The van der Waals surface area contributed by atoms with Crippen LogP contribution in [0.1, 0.15) is 45.0 Å². The molecule has 1 N–H and O–H groups in total. The van der Waals surface area contributed by atoms with Gasteiger partial charge in [0, 0.05) is 17.0 Å². The van der Waals surface area contributed by atoms with Crippen LogP contribution in [-0.2, 0) is 0 Å². The Labute approximate surface area is 91.5 Å². The lowest BCUT2D eigenvalue weighted by molar-refractivity contribution is 0.409. The van der Waals surface area contributed by atoms with Crippen molar-refractivity contribution in [2.75, 3.05) is 0 Å². The third-order valence-corrected chi connectivity index (χ3v) is 3.38. The molecular formula is C12H21NS. The smallest absolute Gasteiger partial charge is 0.0388 e. The zero-order valence-electron chi connectivity index (χ0n) is 9.58. The van der Waals surface area contributed by atoms with Gasteiger partial charge in [-0.3, -0.25) is 0 Å². The Morgan fingerprint density at radius 3 is 2.50 bits per heavy atom. The summed E-state index contributed by atoms with van der Waals surface area (Å²) in [5.74, 6) is 0.771. The summed E-state index contributed by atoms with van der Waals surface area (Å²) in [7, 11) is 0. The Balaban J connectivity index is 2.37. The van der Waals surface area contributed by atoms with Crippen LogP contribution in [0.4, 0.5) is 0 Å². The summed E-state index contributed by atoms with van der Waals surface area (Å²) >= 11 is 1.83. The molecule has 0 saturated carbocycles. The number of thiophene rings is 1. The summed E-state index contributed by atoms with van der Waals surface area (Å²) in [6, 6.07) is 5.41. The monoisotopic (exact) mass is 211 g/mol.